The monoisotopic (exact) mass is 413 g/mol. The smallest absolute Gasteiger partial charge is 0.257 e. The fraction of sp³-hybridized carbons (Fsp3) is 0.200. The summed E-state index contributed by atoms with van der Waals surface area (Å²) in [4.78, 5) is 7.92. The van der Waals surface area contributed by atoms with Gasteiger partial charge in [0.05, 0.1) is 4.75 Å². The van der Waals surface area contributed by atoms with Crippen molar-refractivity contribution in [3.8, 4) is 11.5 Å². The van der Waals surface area contributed by atoms with E-state index in [0.717, 1.165) is 10.0 Å². The van der Waals surface area contributed by atoms with Crippen LogP contribution in [0.1, 0.15) is 17.5 Å². The van der Waals surface area contributed by atoms with E-state index >= 15 is 0 Å². The largest absolute Gasteiger partial charge is 0.452 e. The first kappa shape index (κ1) is 15.2. The van der Waals surface area contributed by atoms with E-state index in [0.29, 0.717) is 29.4 Å². The van der Waals surface area contributed by atoms with Crippen LogP contribution in [-0.4, -0.2) is 16.7 Å². The van der Waals surface area contributed by atoms with Gasteiger partial charge in [-0.1, -0.05) is 39.3 Å². The number of halogens is 3. The zero-order valence-corrected chi connectivity index (χ0v) is 14.8. The Morgan fingerprint density at radius 2 is 2.17 bits per heavy atom. The highest BCUT2D eigenvalue weighted by molar-refractivity contribution is 9.10. The van der Waals surface area contributed by atoms with Gasteiger partial charge in [-0.2, -0.15) is 4.39 Å². The molecule has 118 valence electrons. The average Bonchev–Trinajstić information content (AvgIpc) is 2.50. The molecule has 2 aliphatic heterocycles. The summed E-state index contributed by atoms with van der Waals surface area (Å²) in [5, 5.41) is 0.549. The molecule has 8 heteroatoms. The minimum absolute atomic E-state index is 0.0874. The number of aromatic nitrogens is 1. The normalized spacial score (nSPS) is 22.1. The fourth-order valence-electron chi connectivity index (χ4n) is 3.00. The van der Waals surface area contributed by atoms with Crippen LogP contribution >= 0.6 is 39.3 Å². The lowest BCUT2D eigenvalue weighted by Crippen LogP contribution is -2.35. The number of ether oxygens (including phenoxy) is 1. The number of rotatable bonds is 0. The molecule has 23 heavy (non-hydrogen) atoms. The van der Waals surface area contributed by atoms with Crippen molar-refractivity contribution in [2.45, 2.75) is 11.2 Å². The van der Waals surface area contributed by atoms with Crippen molar-refractivity contribution in [1.29, 1.82) is 0 Å². The SMILES string of the molecule is NC1=NCC[C@@]2(S1)c1cc(Br)ccc1Oc1c2cc(Cl)nc1F. The van der Waals surface area contributed by atoms with Gasteiger partial charge in [0, 0.05) is 22.1 Å². The number of hydrogen-bond donors (Lipinski definition) is 1. The molecule has 0 unspecified atom stereocenters. The highest BCUT2D eigenvalue weighted by Gasteiger charge is 2.46. The van der Waals surface area contributed by atoms with E-state index in [1.807, 2.05) is 12.1 Å². The molecule has 3 heterocycles. The number of nitrogens with two attached hydrogens (primary N) is 1. The second kappa shape index (κ2) is 5.36. The first-order valence-electron chi connectivity index (χ1n) is 6.83. The molecule has 1 aromatic carbocycles. The number of aliphatic imine (C=N–C) groups is 1. The predicted octanol–water partition coefficient (Wildman–Crippen LogP) is 4.44. The van der Waals surface area contributed by atoms with Crippen LogP contribution in [0.4, 0.5) is 4.39 Å². The molecular formula is C15H10BrClFN3OS. The maximum atomic E-state index is 14.3. The van der Waals surface area contributed by atoms with Gasteiger partial charge >= 0.3 is 0 Å². The van der Waals surface area contributed by atoms with Gasteiger partial charge in [-0.3, -0.25) is 4.99 Å². The Balaban J connectivity index is 2.04. The van der Waals surface area contributed by atoms with Gasteiger partial charge in [-0.25, -0.2) is 4.98 Å². The second-order valence-corrected chi connectivity index (χ2v) is 7.88. The van der Waals surface area contributed by atoms with Crippen LogP contribution in [0.25, 0.3) is 0 Å². The molecule has 4 rings (SSSR count). The number of hydrogen-bond acceptors (Lipinski definition) is 5. The molecule has 4 nitrogen and oxygen atoms in total. The molecule has 2 aliphatic rings. The van der Waals surface area contributed by atoms with Gasteiger partial charge in [-0.15, -0.1) is 0 Å². The Morgan fingerprint density at radius 1 is 1.35 bits per heavy atom. The summed E-state index contributed by atoms with van der Waals surface area (Å²) in [5.74, 6) is -0.0283. The Hall–Kier alpha value is -1.31. The summed E-state index contributed by atoms with van der Waals surface area (Å²) in [6, 6.07) is 7.27. The zero-order chi connectivity index (χ0) is 16.2. The van der Waals surface area contributed by atoms with Gasteiger partial charge in [-0.05, 0) is 30.7 Å². The molecule has 0 aliphatic carbocycles. The predicted molar refractivity (Wildman–Crippen MR) is 92.9 cm³/mol. The van der Waals surface area contributed by atoms with Crippen LogP contribution in [0.3, 0.4) is 0 Å². The van der Waals surface area contributed by atoms with Crippen molar-refractivity contribution in [2.24, 2.45) is 10.7 Å². The van der Waals surface area contributed by atoms with Gasteiger partial charge < -0.3 is 10.5 Å². The number of thioether (sulfide) groups is 1. The van der Waals surface area contributed by atoms with Crippen LogP contribution in [0.2, 0.25) is 5.15 Å². The van der Waals surface area contributed by atoms with E-state index in [2.05, 4.69) is 25.9 Å². The third-order valence-electron chi connectivity index (χ3n) is 3.93. The number of pyridine rings is 1. The van der Waals surface area contributed by atoms with Crippen molar-refractivity contribution in [3.63, 3.8) is 0 Å². The third kappa shape index (κ3) is 2.33. The minimum atomic E-state index is -0.720. The molecule has 2 N–H and O–H groups in total. The van der Waals surface area contributed by atoms with E-state index in [-0.39, 0.29) is 10.9 Å². The van der Waals surface area contributed by atoms with E-state index in [1.54, 1.807) is 12.1 Å². The summed E-state index contributed by atoms with van der Waals surface area (Å²) in [5.41, 5.74) is 7.55. The van der Waals surface area contributed by atoms with Gasteiger partial charge in [0.15, 0.2) is 10.9 Å². The summed E-state index contributed by atoms with van der Waals surface area (Å²) >= 11 is 10.9. The maximum absolute atomic E-state index is 14.3. The van der Waals surface area contributed by atoms with E-state index in [9.17, 15) is 4.39 Å². The fourth-order valence-corrected chi connectivity index (χ4v) is 4.78. The number of benzene rings is 1. The molecule has 1 atom stereocenters. The number of nitrogens with zero attached hydrogens (tertiary/aromatic N) is 2. The second-order valence-electron chi connectivity index (χ2n) is 5.25. The lowest BCUT2D eigenvalue weighted by Gasteiger charge is -2.40. The quantitative estimate of drug-likeness (QED) is 0.648. The Bertz CT molecular complexity index is 863. The van der Waals surface area contributed by atoms with E-state index in [4.69, 9.17) is 22.1 Å². The van der Waals surface area contributed by atoms with Gasteiger partial charge in [0.25, 0.3) is 5.95 Å². The van der Waals surface area contributed by atoms with E-state index < -0.39 is 10.7 Å². The molecule has 1 spiro atoms. The standard InChI is InChI=1S/C15H10BrClFN3OS/c16-7-1-2-10-8(5-7)15(3-4-20-14(19)23-15)9-6-11(17)21-13(18)12(9)22-10/h1-2,5-6H,3-4H2,(H2,19,20)/t15-/m1/s1. The average molecular weight is 415 g/mol. The van der Waals surface area contributed by atoms with Crippen LogP contribution in [0.15, 0.2) is 33.7 Å². The first-order valence-corrected chi connectivity index (χ1v) is 8.82. The Morgan fingerprint density at radius 3 is 2.96 bits per heavy atom. The molecule has 0 radical (unpaired) electrons. The van der Waals surface area contributed by atoms with Gasteiger partial charge in [0.2, 0.25) is 0 Å². The molecule has 0 saturated carbocycles. The van der Waals surface area contributed by atoms with Crippen LogP contribution in [0, 0.1) is 5.95 Å². The maximum Gasteiger partial charge on any atom is 0.257 e. The number of amidine groups is 1. The Labute approximate surface area is 149 Å². The summed E-state index contributed by atoms with van der Waals surface area (Å²) in [6.07, 6.45) is 0.665. The highest BCUT2D eigenvalue weighted by atomic mass is 79.9. The van der Waals surface area contributed by atoms with Gasteiger partial charge in [0.1, 0.15) is 10.9 Å². The Kier molecular flexibility index (Phi) is 3.55. The van der Waals surface area contributed by atoms with Crippen LogP contribution < -0.4 is 10.5 Å². The van der Waals surface area contributed by atoms with Crippen molar-refractivity contribution in [1.82, 2.24) is 4.98 Å². The van der Waals surface area contributed by atoms with E-state index in [1.165, 1.54) is 11.8 Å². The molecule has 0 fully saturated rings. The van der Waals surface area contributed by atoms with Crippen LogP contribution in [-0.2, 0) is 4.75 Å². The highest BCUT2D eigenvalue weighted by Crippen LogP contribution is 2.58. The lowest BCUT2D eigenvalue weighted by molar-refractivity contribution is 0.391. The topological polar surface area (TPSA) is 60.5 Å². The minimum Gasteiger partial charge on any atom is -0.452 e. The van der Waals surface area contributed by atoms with Crippen molar-refractivity contribution in [3.05, 3.63) is 51.0 Å². The van der Waals surface area contributed by atoms with Crippen molar-refractivity contribution in [2.75, 3.05) is 6.54 Å². The van der Waals surface area contributed by atoms with Crippen molar-refractivity contribution < 1.29 is 9.13 Å². The molecular weight excluding hydrogens is 405 g/mol. The zero-order valence-electron chi connectivity index (χ0n) is 11.6. The molecule has 0 amide bonds. The number of fused-ring (bicyclic) bond motifs is 4. The molecule has 0 saturated heterocycles. The van der Waals surface area contributed by atoms with Crippen LogP contribution in [0.5, 0.6) is 11.5 Å². The molecule has 2 aromatic rings. The summed E-state index contributed by atoms with van der Waals surface area (Å²) < 4.78 is 20.4. The molecule has 1 aromatic heterocycles. The summed E-state index contributed by atoms with van der Waals surface area (Å²) in [6.45, 7) is 0.547. The summed E-state index contributed by atoms with van der Waals surface area (Å²) in [7, 11) is 0. The lowest BCUT2D eigenvalue weighted by atomic mass is 9.85. The molecule has 0 bridgehead atoms. The van der Waals surface area contributed by atoms with Crippen molar-refractivity contribution >= 4 is 44.5 Å². The first-order chi connectivity index (χ1) is 11.0. The third-order valence-corrected chi connectivity index (χ3v) is 5.95.